The summed E-state index contributed by atoms with van der Waals surface area (Å²) < 4.78 is 63.4. The molecule has 6 nitrogen and oxygen atoms in total. The van der Waals surface area contributed by atoms with Crippen LogP contribution in [-0.4, -0.2) is 33.0 Å². The molecule has 0 N–H and O–H groups in total. The predicted octanol–water partition coefficient (Wildman–Crippen LogP) is 6.05. The normalized spacial score (nSPS) is 11.4. The van der Waals surface area contributed by atoms with E-state index in [2.05, 4.69) is 0 Å². The predicted molar refractivity (Wildman–Crippen MR) is 103 cm³/mol. The summed E-state index contributed by atoms with van der Waals surface area (Å²) >= 11 is 0. The average molecular weight is 430 g/mol. The van der Waals surface area contributed by atoms with Crippen LogP contribution in [0, 0.1) is 11.6 Å². The lowest BCUT2D eigenvalue weighted by molar-refractivity contribution is 0.176. The van der Waals surface area contributed by atoms with Gasteiger partial charge in [-0.25, -0.2) is 8.78 Å². The lowest BCUT2D eigenvalue weighted by Crippen LogP contribution is -1.99. The van der Waals surface area contributed by atoms with E-state index in [1.807, 2.05) is 20.8 Å². The van der Waals surface area contributed by atoms with E-state index in [0.717, 1.165) is 12.1 Å². The number of benzene rings is 1. The third kappa shape index (κ3) is 11.9. The molecule has 0 heterocycles. The van der Waals surface area contributed by atoms with Crippen molar-refractivity contribution in [2.24, 2.45) is 0 Å². The monoisotopic (exact) mass is 430 g/mol. The highest BCUT2D eigenvalue weighted by Gasteiger charge is 2.24. The summed E-state index contributed by atoms with van der Waals surface area (Å²) in [5.74, 6) is -1.90. The Labute approximate surface area is 162 Å². The van der Waals surface area contributed by atoms with Crippen molar-refractivity contribution in [2.75, 3.05) is 33.0 Å². The van der Waals surface area contributed by atoms with Gasteiger partial charge in [-0.05, 0) is 52.3 Å². The molecule has 0 amide bonds. The molecule has 0 saturated carbocycles. The van der Waals surface area contributed by atoms with Crippen molar-refractivity contribution in [3.8, 4) is 0 Å². The average Bonchev–Trinajstić information content (AvgIpc) is 2.60. The van der Waals surface area contributed by atoms with Gasteiger partial charge in [0.05, 0.1) is 39.2 Å². The highest BCUT2D eigenvalue weighted by Crippen LogP contribution is 2.51. The molecular formula is C17H30F2O6P2. The third-order valence-corrected chi connectivity index (χ3v) is 6.18. The van der Waals surface area contributed by atoms with Crippen molar-refractivity contribution in [2.45, 2.75) is 40.8 Å². The lowest BCUT2D eigenvalue weighted by Gasteiger charge is -2.16. The molecule has 27 heavy (non-hydrogen) atoms. The number of halogens is 2. The lowest BCUT2D eigenvalue weighted by atomic mass is 10.2. The van der Waals surface area contributed by atoms with Crippen molar-refractivity contribution in [1.29, 1.82) is 0 Å². The zero-order chi connectivity index (χ0) is 20.7. The highest BCUT2D eigenvalue weighted by molar-refractivity contribution is 7.53. The van der Waals surface area contributed by atoms with Gasteiger partial charge in [-0.1, -0.05) is 6.07 Å². The van der Waals surface area contributed by atoms with Crippen LogP contribution in [0.15, 0.2) is 18.2 Å². The second kappa shape index (κ2) is 15.5. The SMILES string of the molecule is CCOP(=O)(Cc1ccc(F)c(F)c1)OCC.CCOP(OCC)OCC. The van der Waals surface area contributed by atoms with Crippen LogP contribution >= 0.6 is 16.2 Å². The Balaban J connectivity index is 0.000000580. The molecule has 1 rings (SSSR count). The molecule has 0 aliphatic heterocycles. The molecule has 0 saturated heterocycles. The smallest absolute Gasteiger partial charge is 0.313 e. The van der Waals surface area contributed by atoms with E-state index in [1.165, 1.54) is 6.07 Å². The first kappa shape index (κ1) is 26.5. The molecule has 158 valence electrons. The molecule has 0 spiro atoms. The van der Waals surface area contributed by atoms with Crippen molar-refractivity contribution >= 4 is 16.2 Å². The number of hydrogen-bond donors (Lipinski definition) is 0. The molecule has 0 radical (unpaired) electrons. The van der Waals surface area contributed by atoms with Crippen LogP contribution in [0.25, 0.3) is 0 Å². The van der Waals surface area contributed by atoms with Crippen molar-refractivity contribution in [1.82, 2.24) is 0 Å². The van der Waals surface area contributed by atoms with Gasteiger partial charge in [-0.15, -0.1) is 0 Å². The zero-order valence-electron chi connectivity index (χ0n) is 16.6. The maximum Gasteiger partial charge on any atom is 0.335 e. The fourth-order valence-electron chi connectivity index (χ4n) is 1.81. The van der Waals surface area contributed by atoms with E-state index in [1.54, 1.807) is 13.8 Å². The summed E-state index contributed by atoms with van der Waals surface area (Å²) in [6.07, 6.45) is -0.0636. The van der Waals surface area contributed by atoms with E-state index < -0.39 is 27.8 Å². The van der Waals surface area contributed by atoms with Crippen LogP contribution in [0.4, 0.5) is 8.78 Å². The van der Waals surface area contributed by atoms with Crippen LogP contribution < -0.4 is 0 Å². The minimum Gasteiger partial charge on any atom is -0.313 e. The number of hydrogen-bond acceptors (Lipinski definition) is 6. The highest BCUT2D eigenvalue weighted by atomic mass is 31.2. The Bertz CT molecular complexity index is 538. The van der Waals surface area contributed by atoms with Crippen molar-refractivity contribution in [3.05, 3.63) is 35.4 Å². The van der Waals surface area contributed by atoms with Gasteiger partial charge < -0.3 is 22.6 Å². The molecule has 10 heteroatoms. The maximum absolute atomic E-state index is 13.0. The molecule has 0 atom stereocenters. The molecular weight excluding hydrogens is 400 g/mol. The van der Waals surface area contributed by atoms with E-state index in [4.69, 9.17) is 22.6 Å². The number of rotatable bonds is 12. The van der Waals surface area contributed by atoms with Gasteiger partial charge in [0.15, 0.2) is 11.6 Å². The van der Waals surface area contributed by atoms with Gasteiger partial charge in [0.25, 0.3) is 0 Å². The molecule has 1 aromatic carbocycles. The van der Waals surface area contributed by atoms with Crippen LogP contribution in [0.2, 0.25) is 0 Å². The van der Waals surface area contributed by atoms with Gasteiger partial charge in [0, 0.05) is 0 Å². The summed E-state index contributed by atoms with van der Waals surface area (Å²) in [7, 11) is -4.33. The first-order valence-electron chi connectivity index (χ1n) is 8.86. The Morgan fingerprint density at radius 2 is 1.30 bits per heavy atom. The van der Waals surface area contributed by atoms with Crippen molar-refractivity contribution in [3.63, 3.8) is 0 Å². The fraction of sp³-hybridized carbons (Fsp3) is 0.647. The summed E-state index contributed by atoms with van der Waals surface area (Å²) in [6.45, 7) is 11.6. The summed E-state index contributed by atoms with van der Waals surface area (Å²) in [4.78, 5) is 0. The van der Waals surface area contributed by atoms with Crippen molar-refractivity contribution < 1.29 is 36.0 Å². The molecule has 0 unspecified atom stereocenters. The van der Waals surface area contributed by atoms with E-state index in [0.29, 0.717) is 25.4 Å². The van der Waals surface area contributed by atoms with E-state index in [9.17, 15) is 13.3 Å². The Hall–Kier alpha value is -0.460. The van der Waals surface area contributed by atoms with Gasteiger partial charge in [0.1, 0.15) is 0 Å². The zero-order valence-corrected chi connectivity index (χ0v) is 18.4. The maximum atomic E-state index is 13.0. The summed E-state index contributed by atoms with van der Waals surface area (Å²) in [5.41, 5.74) is 0.383. The first-order chi connectivity index (χ1) is 12.9. The molecule has 0 fully saturated rings. The quantitative estimate of drug-likeness (QED) is 0.376. The minimum atomic E-state index is -3.27. The van der Waals surface area contributed by atoms with E-state index >= 15 is 0 Å². The fourth-order valence-corrected chi connectivity index (χ4v) is 4.36. The second-order valence-corrected chi connectivity index (χ2v) is 8.11. The summed E-state index contributed by atoms with van der Waals surface area (Å²) in [5, 5.41) is 0. The van der Waals surface area contributed by atoms with E-state index in [-0.39, 0.29) is 19.4 Å². The molecule has 0 aliphatic carbocycles. The minimum absolute atomic E-state index is 0.0636. The topological polar surface area (TPSA) is 63.2 Å². The van der Waals surface area contributed by atoms with Gasteiger partial charge in [0.2, 0.25) is 0 Å². The first-order valence-corrected chi connectivity index (χ1v) is 11.7. The molecule has 1 aromatic rings. The van der Waals surface area contributed by atoms with Crippen LogP contribution in [0.3, 0.4) is 0 Å². The second-order valence-electron chi connectivity index (χ2n) is 4.83. The third-order valence-electron chi connectivity index (χ3n) is 2.72. The Kier molecular flexibility index (Phi) is 15.2. The van der Waals surface area contributed by atoms with Crippen LogP contribution in [0.1, 0.15) is 40.2 Å². The Morgan fingerprint density at radius 3 is 1.67 bits per heavy atom. The summed E-state index contributed by atoms with van der Waals surface area (Å²) in [6, 6.07) is 3.36. The van der Waals surface area contributed by atoms with Crippen LogP contribution in [0.5, 0.6) is 0 Å². The standard InChI is InChI=1S/C11H15F2O3P.C6H15O3P/c1-3-15-17(14,16-4-2)8-9-5-6-10(12)11(13)7-9;1-4-7-10(8-5-2)9-6-3/h5-7H,3-4,8H2,1-2H3;4-6H2,1-3H3. The molecule has 0 aliphatic rings. The van der Waals surface area contributed by atoms with Gasteiger partial charge in [-0.3, -0.25) is 4.57 Å². The van der Waals surface area contributed by atoms with Crippen LogP contribution in [-0.2, 0) is 33.3 Å². The largest absolute Gasteiger partial charge is 0.335 e. The Morgan fingerprint density at radius 1 is 0.815 bits per heavy atom. The van der Waals surface area contributed by atoms with Gasteiger partial charge >= 0.3 is 16.2 Å². The van der Waals surface area contributed by atoms with Gasteiger partial charge in [-0.2, -0.15) is 0 Å². The molecule has 0 bridgehead atoms. The molecule has 0 aromatic heterocycles.